The molecule has 32 heavy (non-hydrogen) atoms. The summed E-state index contributed by atoms with van der Waals surface area (Å²) in [6.07, 6.45) is 6.36. The molecule has 1 saturated heterocycles. The van der Waals surface area contributed by atoms with Gasteiger partial charge in [0.2, 0.25) is 0 Å². The van der Waals surface area contributed by atoms with Gasteiger partial charge in [0.05, 0.1) is 16.8 Å². The van der Waals surface area contributed by atoms with Crippen LogP contribution in [0.5, 0.6) is 0 Å². The van der Waals surface area contributed by atoms with Crippen LogP contribution in [0.2, 0.25) is 0 Å². The molecular weight excluding hydrogens is 405 g/mol. The normalized spacial score (nSPS) is 18.5. The SMILES string of the molecule is CN(C)c1ccc(-c2cncc(-c3nc4c(F)cccc4[nH]3)c2N2CCC(C)(N)C2)cn1. The lowest BCUT2D eigenvalue weighted by molar-refractivity contribution is 0.525. The second-order valence-corrected chi connectivity index (χ2v) is 8.93. The first kappa shape index (κ1) is 20.4. The predicted octanol–water partition coefficient (Wildman–Crippen LogP) is 3.82. The van der Waals surface area contributed by atoms with Crippen molar-refractivity contribution in [2.24, 2.45) is 5.73 Å². The Morgan fingerprint density at radius 1 is 1.12 bits per heavy atom. The molecule has 5 rings (SSSR count). The summed E-state index contributed by atoms with van der Waals surface area (Å²) in [4.78, 5) is 21.2. The van der Waals surface area contributed by atoms with Crippen LogP contribution in [0.15, 0.2) is 48.9 Å². The third-order valence-electron chi connectivity index (χ3n) is 5.97. The van der Waals surface area contributed by atoms with Crippen molar-refractivity contribution in [3.63, 3.8) is 0 Å². The number of aromatic amines is 1. The molecule has 3 N–H and O–H groups in total. The van der Waals surface area contributed by atoms with Crippen LogP contribution in [0.3, 0.4) is 0 Å². The van der Waals surface area contributed by atoms with Crippen LogP contribution in [-0.2, 0) is 0 Å². The van der Waals surface area contributed by atoms with Gasteiger partial charge in [-0.1, -0.05) is 6.07 Å². The molecular formula is C24H26FN7. The minimum atomic E-state index is -0.352. The van der Waals surface area contributed by atoms with E-state index < -0.39 is 0 Å². The summed E-state index contributed by atoms with van der Waals surface area (Å²) in [7, 11) is 3.92. The zero-order valence-electron chi connectivity index (χ0n) is 18.4. The number of aromatic nitrogens is 4. The fraction of sp³-hybridized carbons (Fsp3) is 0.292. The molecule has 1 atom stereocenters. The number of para-hydroxylation sites is 1. The van der Waals surface area contributed by atoms with E-state index in [4.69, 9.17) is 5.73 Å². The van der Waals surface area contributed by atoms with Crippen LogP contribution in [-0.4, -0.2) is 52.7 Å². The van der Waals surface area contributed by atoms with Crippen molar-refractivity contribution in [3.8, 4) is 22.5 Å². The van der Waals surface area contributed by atoms with E-state index in [0.717, 1.165) is 41.2 Å². The lowest BCUT2D eigenvalue weighted by atomic mass is 10.0. The number of benzene rings is 1. The molecule has 0 saturated carbocycles. The summed E-state index contributed by atoms with van der Waals surface area (Å²) in [6, 6.07) is 8.94. The molecule has 4 aromatic rings. The number of nitrogens with two attached hydrogens (primary N) is 1. The molecule has 0 radical (unpaired) electrons. The minimum Gasteiger partial charge on any atom is -0.368 e. The van der Waals surface area contributed by atoms with Gasteiger partial charge in [0, 0.05) is 62.4 Å². The second kappa shape index (κ2) is 7.56. The first-order valence-electron chi connectivity index (χ1n) is 10.6. The van der Waals surface area contributed by atoms with Gasteiger partial charge in [-0.2, -0.15) is 0 Å². The van der Waals surface area contributed by atoms with Crippen LogP contribution in [0.1, 0.15) is 13.3 Å². The summed E-state index contributed by atoms with van der Waals surface area (Å²) in [5.74, 6) is 1.11. The number of nitrogens with one attached hydrogen (secondary N) is 1. The van der Waals surface area contributed by atoms with Gasteiger partial charge in [-0.25, -0.2) is 14.4 Å². The molecule has 8 heteroatoms. The second-order valence-electron chi connectivity index (χ2n) is 8.93. The fourth-order valence-electron chi connectivity index (χ4n) is 4.29. The molecule has 4 heterocycles. The van der Waals surface area contributed by atoms with Crippen LogP contribution >= 0.6 is 0 Å². The first-order valence-corrected chi connectivity index (χ1v) is 10.6. The van der Waals surface area contributed by atoms with Crippen LogP contribution in [0.25, 0.3) is 33.5 Å². The zero-order chi connectivity index (χ0) is 22.5. The van der Waals surface area contributed by atoms with Crippen molar-refractivity contribution in [2.75, 3.05) is 37.0 Å². The van der Waals surface area contributed by atoms with E-state index in [0.29, 0.717) is 23.4 Å². The summed E-state index contributed by atoms with van der Waals surface area (Å²) in [5.41, 5.74) is 10.8. The predicted molar refractivity (Wildman–Crippen MR) is 126 cm³/mol. The standard InChI is InChI=1S/C24H26FN7/c1-24(26)9-10-32(14-24)22-16(15-7-8-20(28-11-15)31(2)3)12-27-13-17(22)23-29-19-6-4-5-18(25)21(19)30-23/h4-8,11-13H,9-10,14,26H2,1-3H3,(H,29,30). The lowest BCUT2D eigenvalue weighted by Gasteiger charge is -2.26. The van der Waals surface area contributed by atoms with Crippen molar-refractivity contribution >= 4 is 22.5 Å². The molecule has 0 aliphatic carbocycles. The van der Waals surface area contributed by atoms with Crippen LogP contribution < -0.4 is 15.5 Å². The molecule has 0 spiro atoms. The maximum atomic E-state index is 14.3. The highest BCUT2D eigenvalue weighted by atomic mass is 19.1. The smallest absolute Gasteiger partial charge is 0.151 e. The van der Waals surface area contributed by atoms with Gasteiger partial charge >= 0.3 is 0 Å². The number of halogens is 1. The Labute approximate surface area is 186 Å². The maximum absolute atomic E-state index is 14.3. The molecule has 164 valence electrons. The van der Waals surface area contributed by atoms with E-state index in [9.17, 15) is 4.39 Å². The number of rotatable bonds is 4. The van der Waals surface area contributed by atoms with Crippen LogP contribution in [0, 0.1) is 5.82 Å². The van der Waals surface area contributed by atoms with Gasteiger partial charge < -0.3 is 20.5 Å². The molecule has 7 nitrogen and oxygen atoms in total. The van der Waals surface area contributed by atoms with E-state index in [1.807, 2.05) is 49.6 Å². The third kappa shape index (κ3) is 3.56. The summed E-state index contributed by atoms with van der Waals surface area (Å²) in [6.45, 7) is 3.58. The average molecular weight is 432 g/mol. The minimum absolute atomic E-state index is 0.287. The number of anilines is 2. The summed E-state index contributed by atoms with van der Waals surface area (Å²) >= 11 is 0. The Bertz CT molecular complexity index is 1280. The number of H-pyrrole nitrogens is 1. The topological polar surface area (TPSA) is 87.0 Å². The Kier molecular flexibility index (Phi) is 4.82. The largest absolute Gasteiger partial charge is 0.368 e. The molecule has 1 fully saturated rings. The molecule has 1 aliphatic heterocycles. The molecule has 3 aromatic heterocycles. The number of hydrogen-bond acceptors (Lipinski definition) is 6. The first-order chi connectivity index (χ1) is 15.3. The summed E-state index contributed by atoms with van der Waals surface area (Å²) in [5, 5.41) is 0. The number of fused-ring (bicyclic) bond motifs is 1. The van der Waals surface area contributed by atoms with E-state index in [-0.39, 0.29) is 11.4 Å². The fourth-order valence-corrected chi connectivity index (χ4v) is 4.29. The van der Waals surface area contributed by atoms with Crippen molar-refractivity contribution in [2.45, 2.75) is 18.9 Å². The quantitative estimate of drug-likeness (QED) is 0.511. The van der Waals surface area contributed by atoms with Gasteiger partial charge in [-0.05, 0) is 37.6 Å². The summed E-state index contributed by atoms with van der Waals surface area (Å²) < 4.78 is 14.3. The highest BCUT2D eigenvalue weighted by Crippen LogP contribution is 2.41. The van der Waals surface area contributed by atoms with E-state index >= 15 is 0 Å². The van der Waals surface area contributed by atoms with Gasteiger partial charge in [-0.3, -0.25) is 4.98 Å². The van der Waals surface area contributed by atoms with E-state index in [1.54, 1.807) is 12.3 Å². The number of imidazole rings is 1. The van der Waals surface area contributed by atoms with Crippen molar-refractivity contribution in [1.29, 1.82) is 0 Å². The molecule has 0 amide bonds. The van der Waals surface area contributed by atoms with Gasteiger partial charge in [-0.15, -0.1) is 0 Å². The molecule has 1 aliphatic rings. The molecule has 1 unspecified atom stereocenters. The Balaban J connectivity index is 1.69. The van der Waals surface area contributed by atoms with Gasteiger partial charge in [0.15, 0.2) is 5.82 Å². The van der Waals surface area contributed by atoms with Crippen molar-refractivity contribution < 1.29 is 4.39 Å². The highest BCUT2D eigenvalue weighted by molar-refractivity contribution is 5.91. The van der Waals surface area contributed by atoms with Gasteiger partial charge in [0.1, 0.15) is 17.2 Å². The Hall–Kier alpha value is -3.52. The van der Waals surface area contributed by atoms with Crippen LogP contribution in [0.4, 0.5) is 15.9 Å². The highest BCUT2D eigenvalue weighted by Gasteiger charge is 2.33. The number of nitrogens with zero attached hydrogens (tertiary/aromatic N) is 5. The molecule has 0 bridgehead atoms. The Morgan fingerprint density at radius 3 is 2.59 bits per heavy atom. The maximum Gasteiger partial charge on any atom is 0.151 e. The lowest BCUT2D eigenvalue weighted by Crippen LogP contribution is -2.39. The number of hydrogen-bond donors (Lipinski definition) is 2. The zero-order valence-corrected chi connectivity index (χ0v) is 18.4. The Morgan fingerprint density at radius 2 is 1.94 bits per heavy atom. The monoisotopic (exact) mass is 431 g/mol. The van der Waals surface area contributed by atoms with Crippen molar-refractivity contribution in [1.82, 2.24) is 19.9 Å². The van der Waals surface area contributed by atoms with Gasteiger partial charge in [0.25, 0.3) is 0 Å². The van der Waals surface area contributed by atoms with Crippen molar-refractivity contribution in [3.05, 3.63) is 54.7 Å². The molecule has 1 aromatic carbocycles. The van der Waals surface area contributed by atoms with E-state index in [2.05, 4.69) is 31.8 Å². The van der Waals surface area contributed by atoms with E-state index in [1.165, 1.54) is 6.07 Å². The number of pyridine rings is 2. The third-order valence-corrected chi connectivity index (χ3v) is 5.97. The average Bonchev–Trinajstić information content (AvgIpc) is 3.37.